The van der Waals surface area contributed by atoms with Gasteiger partial charge in [0.15, 0.2) is 6.10 Å². The van der Waals surface area contributed by atoms with Crippen molar-refractivity contribution in [3.63, 3.8) is 0 Å². The zero-order valence-corrected chi connectivity index (χ0v) is 17.8. The van der Waals surface area contributed by atoms with Crippen LogP contribution in [-0.4, -0.2) is 50.4 Å². The molecule has 1 heterocycles. The Hall–Kier alpha value is -1.93. The number of esters is 1. The quantitative estimate of drug-likeness (QED) is 0.696. The van der Waals surface area contributed by atoms with Crippen molar-refractivity contribution in [1.29, 1.82) is 0 Å². The van der Waals surface area contributed by atoms with Crippen LogP contribution in [0, 0.1) is 13.8 Å². The first-order valence-corrected chi connectivity index (χ1v) is 11.2. The molecular formula is C20H30N2O5S. The molecule has 0 bridgehead atoms. The van der Waals surface area contributed by atoms with Gasteiger partial charge < -0.3 is 9.64 Å². The summed E-state index contributed by atoms with van der Waals surface area (Å²) in [5.74, 6) is -1.00. The Balaban J connectivity index is 1.92. The third kappa shape index (κ3) is 5.54. The number of likely N-dealkylation sites (tertiary alicyclic amines) is 1. The van der Waals surface area contributed by atoms with E-state index in [4.69, 9.17) is 4.74 Å². The zero-order valence-electron chi connectivity index (χ0n) is 17.0. The zero-order chi connectivity index (χ0) is 20.9. The second-order valence-corrected chi connectivity index (χ2v) is 9.06. The normalized spacial score (nSPS) is 18.6. The van der Waals surface area contributed by atoms with Crippen molar-refractivity contribution in [1.82, 2.24) is 9.62 Å². The highest BCUT2D eigenvalue weighted by Crippen LogP contribution is 2.21. The number of nitrogens with zero attached hydrogens (tertiary/aromatic N) is 1. The number of hydrogen-bond donors (Lipinski definition) is 1. The number of amides is 1. The summed E-state index contributed by atoms with van der Waals surface area (Å²) in [6.45, 7) is 7.41. The molecule has 1 amide bonds. The number of piperidine rings is 1. The molecule has 2 rings (SSSR count). The van der Waals surface area contributed by atoms with Crippen molar-refractivity contribution in [2.75, 3.05) is 13.1 Å². The van der Waals surface area contributed by atoms with Crippen molar-refractivity contribution >= 4 is 21.9 Å². The number of carbonyl (C=O) groups excluding carboxylic acids is 2. The topological polar surface area (TPSA) is 92.8 Å². The van der Waals surface area contributed by atoms with E-state index < -0.39 is 28.6 Å². The molecule has 1 aromatic rings. The number of benzene rings is 1. The summed E-state index contributed by atoms with van der Waals surface area (Å²) in [5.41, 5.74) is 1.82. The predicted molar refractivity (Wildman–Crippen MR) is 106 cm³/mol. The monoisotopic (exact) mass is 410 g/mol. The predicted octanol–water partition coefficient (Wildman–Crippen LogP) is 2.30. The van der Waals surface area contributed by atoms with Crippen LogP contribution in [0.2, 0.25) is 0 Å². The Kier molecular flexibility index (Phi) is 7.60. The van der Waals surface area contributed by atoms with Crippen LogP contribution in [-0.2, 0) is 24.3 Å². The van der Waals surface area contributed by atoms with Crippen molar-refractivity contribution in [2.24, 2.45) is 0 Å². The van der Waals surface area contributed by atoms with Crippen LogP contribution < -0.4 is 4.72 Å². The van der Waals surface area contributed by atoms with Crippen LogP contribution in [0.4, 0.5) is 0 Å². The number of aryl methyl sites for hydroxylation is 2. The summed E-state index contributed by atoms with van der Waals surface area (Å²) < 4.78 is 32.1. The van der Waals surface area contributed by atoms with Gasteiger partial charge in [-0.05, 0) is 69.7 Å². The van der Waals surface area contributed by atoms with E-state index in [1.807, 2.05) is 20.8 Å². The fourth-order valence-electron chi connectivity index (χ4n) is 3.36. The van der Waals surface area contributed by atoms with Crippen LogP contribution >= 0.6 is 0 Å². The molecule has 8 heteroatoms. The van der Waals surface area contributed by atoms with E-state index in [0.29, 0.717) is 6.54 Å². The minimum atomic E-state index is -3.83. The smallest absolute Gasteiger partial charge is 0.321 e. The highest BCUT2D eigenvalue weighted by atomic mass is 32.2. The number of carbonyl (C=O) groups is 2. The van der Waals surface area contributed by atoms with Crippen LogP contribution in [0.1, 0.15) is 50.7 Å². The first-order chi connectivity index (χ1) is 13.2. The van der Waals surface area contributed by atoms with E-state index in [1.54, 1.807) is 17.0 Å². The molecule has 1 aromatic carbocycles. The van der Waals surface area contributed by atoms with Gasteiger partial charge in [0.2, 0.25) is 10.0 Å². The molecule has 0 aliphatic carbocycles. The molecule has 0 radical (unpaired) electrons. The summed E-state index contributed by atoms with van der Waals surface area (Å²) in [6, 6.07) is 4.93. The molecule has 2 atom stereocenters. The summed E-state index contributed by atoms with van der Waals surface area (Å²) in [4.78, 5) is 26.5. The van der Waals surface area contributed by atoms with E-state index in [0.717, 1.165) is 36.8 Å². The molecule has 2 unspecified atom stereocenters. The number of nitrogens with one attached hydrogen (secondary N) is 1. The lowest BCUT2D eigenvalue weighted by Crippen LogP contribution is -2.48. The highest BCUT2D eigenvalue weighted by Gasteiger charge is 2.30. The largest absolute Gasteiger partial charge is 0.452 e. The highest BCUT2D eigenvalue weighted by molar-refractivity contribution is 7.89. The molecule has 156 valence electrons. The molecule has 1 N–H and O–H groups in total. The third-order valence-electron chi connectivity index (χ3n) is 5.23. The Morgan fingerprint density at radius 1 is 1.25 bits per heavy atom. The van der Waals surface area contributed by atoms with Gasteiger partial charge in [0.1, 0.15) is 6.54 Å². The summed E-state index contributed by atoms with van der Waals surface area (Å²) >= 11 is 0. The van der Waals surface area contributed by atoms with Gasteiger partial charge in [-0.2, -0.15) is 4.72 Å². The lowest BCUT2D eigenvalue weighted by Gasteiger charge is -2.36. The van der Waals surface area contributed by atoms with E-state index in [9.17, 15) is 18.0 Å². The van der Waals surface area contributed by atoms with Gasteiger partial charge in [0, 0.05) is 12.6 Å². The number of hydrogen-bond acceptors (Lipinski definition) is 5. The minimum Gasteiger partial charge on any atom is -0.452 e. The lowest BCUT2D eigenvalue weighted by atomic mass is 9.99. The van der Waals surface area contributed by atoms with Crippen molar-refractivity contribution in [3.8, 4) is 0 Å². The van der Waals surface area contributed by atoms with Gasteiger partial charge in [-0.3, -0.25) is 9.59 Å². The maximum absolute atomic E-state index is 12.6. The second kappa shape index (κ2) is 9.52. The maximum Gasteiger partial charge on any atom is 0.321 e. The molecule has 0 saturated carbocycles. The summed E-state index contributed by atoms with van der Waals surface area (Å²) in [7, 11) is -3.83. The SMILES string of the molecule is CCC1CCCCN1C(=O)C(C)OC(=O)CNS(=O)(=O)c1ccc(C)c(C)c1. The maximum atomic E-state index is 12.6. The van der Waals surface area contributed by atoms with Crippen molar-refractivity contribution in [2.45, 2.75) is 70.4 Å². The fourth-order valence-corrected chi connectivity index (χ4v) is 4.41. The fraction of sp³-hybridized carbons (Fsp3) is 0.600. The van der Waals surface area contributed by atoms with Crippen LogP contribution in [0.15, 0.2) is 23.1 Å². The van der Waals surface area contributed by atoms with Gasteiger partial charge >= 0.3 is 5.97 Å². The third-order valence-corrected chi connectivity index (χ3v) is 6.63. The van der Waals surface area contributed by atoms with Crippen molar-refractivity contribution in [3.05, 3.63) is 29.3 Å². The Morgan fingerprint density at radius 2 is 1.96 bits per heavy atom. The molecule has 1 fully saturated rings. The van der Waals surface area contributed by atoms with E-state index in [-0.39, 0.29) is 16.8 Å². The number of ether oxygens (including phenoxy) is 1. The minimum absolute atomic E-state index is 0.0895. The molecule has 1 saturated heterocycles. The Bertz CT molecular complexity index is 822. The first-order valence-electron chi connectivity index (χ1n) is 9.72. The number of sulfonamides is 1. The van der Waals surface area contributed by atoms with E-state index in [2.05, 4.69) is 4.72 Å². The van der Waals surface area contributed by atoms with Crippen LogP contribution in [0.3, 0.4) is 0 Å². The lowest BCUT2D eigenvalue weighted by molar-refractivity contribution is -0.160. The standard InChI is InChI=1S/C20H30N2O5S/c1-5-17-8-6-7-11-22(17)20(24)16(4)27-19(23)13-21-28(25,26)18-10-9-14(2)15(3)12-18/h9-10,12,16-17,21H,5-8,11,13H2,1-4H3. The molecular weight excluding hydrogens is 380 g/mol. The molecule has 7 nitrogen and oxygen atoms in total. The second-order valence-electron chi connectivity index (χ2n) is 7.29. The molecule has 1 aliphatic heterocycles. The van der Waals surface area contributed by atoms with Gasteiger partial charge in [0.25, 0.3) is 5.91 Å². The molecule has 28 heavy (non-hydrogen) atoms. The Labute approximate surface area is 167 Å². The van der Waals surface area contributed by atoms with Gasteiger partial charge in [-0.25, -0.2) is 8.42 Å². The number of rotatable bonds is 7. The average Bonchev–Trinajstić information content (AvgIpc) is 2.67. The van der Waals surface area contributed by atoms with E-state index in [1.165, 1.54) is 13.0 Å². The van der Waals surface area contributed by atoms with E-state index >= 15 is 0 Å². The van der Waals surface area contributed by atoms with Crippen molar-refractivity contribution < 1.29 is 22.7 Å². The van der Waals surface area contributed by atoms with Crippen LogP contribution in [0.5, 0.6) is 0 Å². The first kappa shape index (κ1) is 22.4. The molecule has 0 spiro atoms. The summed E-state index contributed by atoms with van der Waals surface area (Å²) in [5, 5.41) is 0. The van der Waals surface area contributed by atoms with Gasteiger partial charge in [-0.15, -0.1) is 0 Å². The Morgan fingerprint density at radius 3 is 2.61 bits per heavy atom. The van der Waals surface area contributed by atoms with Crippen LogP contribution in [0.25, 0.3) is 0 Å². The summed E-state index contributed by atoms with van der Waals surface area (Å²) in [6.07, 6.45) is 2.92. The average molecular weight is 411 g/mol. The van der Waals surface area contributed by atoms with Gasteiger partial charge in [-0.1, -0.05) is 13.0 Å². The molecule has 1 aliphatic rings. The van der Waals surface area contributed by atoms with Gasteiger partial charge in [0.05, 0.1) is 4.90 Å². The molecule has 0 aromatic heterocycles.